The molecule has 212 valence electrons. The maximum absolute atomic E-state index is 13.7. The van der Waals surface area contributed by atoms with E-state index in [0.29, 0.717) is 48.5 Å². The Balaban J connectivity index is 0.00000353. The lowest BCUT2D eigenvalue weighted by Crippen LogP contribution is -2.41. The first-order chi connectivity index (χ1) is 18.2. The molecule has 0 saturated carbocycles. The molecular formula is C27H35ClN4O5S2. The monoisotopic (exact) mass is 594 g/mol. The molecule has 5 rings (SSSR count). The van der Waals surface area contributed by atoms with Gasteiger partial charge in [-0.05, 0) is 71.1 Å². The van der Waals surface area contributed by atoms with Crippen LogP contribution in [0.25, 0.3) is 10.2 Å². The van der Waals surface area contributed by atoms with Gasteiger partial charge in [0.15, 0.2) is 16.6 Å². The fourth-order valence-electron chi connectivity index (χ4n) is 4.89. The van der Waals surface area contributed by atoms with Gasteiger partial charge in [0.25, 0.3) is 5.91 Å². The third-order valence-corrected chi connectivity index (χ3v) is 10.0. The molecule has 0 N–H and O–H groups in total. The van der Waals surface area contributed by atoms with Crippen LogP contribution in [-0.2, 0) is 10.0 Å². The molecule has 39 heavy (non-hydrogen) atoms. The van der Waals surface area contributed by atoms with E-state index in [1.807, 2.05) is 33.2 Å². The van der Waals surface area contributed by atoms with E-state index in [1.165, 1.54) is 11.3 Å². The van der Waals surface area contributed by atoms with Crippen molar-refractivity contribution in [3.63, 3.8) is 0 Å². The van der Waals surface area contributed by atoms with Gasteiger partial charge in [-0.1, -0.05) is 17.8 Å². The van der Waals surface area contributed by atoms with Crippen molar-refractivity contribution >= 4 is 55.0 Å². The second kappa shape index (κ2) is 12.4. The van der Waals surface area contributed by atoms with Gasteiger partial charge in [-0.2, -0.15) is 4.31 Å². The van der Waals surface area contributed by atoms with Crippen molar-refractivity contribution in [2.24, 2.45) is 0 Å². The highest BCUT2D eigenvalue weighted by molar-refractivity contribution is 7.89. The largest absolute Gasteiger partial charge is 0.486 e. The highest BCUT2D eigenvalue weighted by Gasteiger charge is 2.31. The summed E-state index contributed by atoms with van der Waals surface area (Å²) in [5.74, 6) is 1.13. The van der Waals surface area contributed by atoms with E-state index in [9.17, 15) is 13.2 Å². The lowest BCUT2D eigenvalue weighted by molar-refractivity contribution is 0.0986. The Hall–Kier alpha value is -2.44. The van der Waals surface area contributed by atoms with Crippen molar-refractivity contribution in [3.05, 3.63) is 42.0 Å². The molecular weight excluding hydrogens is 560 g/mol. The minimum absolute atomic E-state index is 0. The Morgan fingerprint density at radius 1 is 1.08 bits per heavy atom. The van der Waals surface area contributed by atoms with E-state index in [2.05, 4.69) is 4.90 Å². The minimum atomic E-state index is -3.61. The number of hydrogen-bond donors (Lipinski definition) is 0. The van der Waals surface area contributed by atoms with E-state index in [1.54, 1.807) is 33.5 Å². The maximum atomic E-state index is 13.7. The molecule has 2 aromatic carbocycles. The predicted molar refractivity (Wildman–Crippen MR) is 156 cm³/mol. The van der Waals surface area contributed by atoms with Crippen LogP contribution in [0.4, 0.5) is 5.13 Å². The van der Waals surface area contributed by atoms with E-state index in [-0.39, 0.29) is 29.3 Å². The zero-order valence-electron chi connectivity index (χ0n) is 22.5. The summed E-state index contributed by atoms with van der Waals surface area (Å²) in [6, 6.07) is 10.0. The van der Waals surface area contributed by atoms with Crippen LogP contribution in [0, 0.1) is 0 Å². The number of amides is 1. The molecule has 0 aliphatic carbocycles. The van der Waals surface area contributed by atoms with Crippen LogP contribution >= 0.6 is 23.7 Å². The fourth-order valence-corrected chi connectivity index (χ4v) is 7.59. The van der Waals surface area contributed by atoms with Gasteiger partial charge in [-0.15, -0.1) is 12.4 Å². The first-order valence-electron chi connectivity index (χ1n) is 13.0. The van der Waals surface area contributed by atoms with Gasteiger partial charge in [-0.3, -0.25) is 9.69 Å². The summed E-state index contributed by atoms with van der Waals surface area (Å²) < 4.78 is 40.4. The standard InChI is InChI=1S/C27H34N4O5S2.ClH/c1-19-7-4-5-14-31(19)38(33,34)21-10-8-20(9-11-21)26(32)30(13-6-12-29(2)3)27-28-22-17-23-24(18-25(22)37-27)36-16-15-35-23;/h8-11,17-19H,4-7,12-16H2,1-3H3;1H. The first-order valence-corrected chi connectivity index (χ1v) is 15.3. The number of anilines is 1. The molecule has 3 aromatic rings. The van der Waals surface area contributed by atoms with E-state index in [0.717, 1.165) is 42.4 Å². The molecule has 3 heterocycles. The average molecular weight is 595 g/mol. The summed E-state index contributed by atoms with van der Waals surface area (Å²) in [4.78, 5) is 22.5. The number of halogens is 1. The van der Waals surface area contributed by atoms with Crippen molar-refractivity contribution in [3.8, 4) is 11.5 Å². The number of carbonyl (C=O) groups is 1. The lowest BCUT2D eigenvalue weighted by Gasteiger charge is -2.32. The topological polar surface area (TPSA) is 92.3 Å². The second-order valence-corrected chi connectivity index (χ2v) is 13.0. The minimum Gasteiger partial charge on any atom is -0.486 e. The van der Waals surface area contributed by atoms with Crippen LogP contribution in [-0.4, -0.2) is 81.5 Å². The number of ether oxygens (including phenoxy) is 2. The van der Waals surface area contributed by atoms with Crippen molar-refractivity contribution in [2.45, 2.75) is 43.5 Å². The van der Waals surface area contributed by atoms with Crippen molar-refractivity contribution < 1.29 is 22.7 Å². The van der Waals surface area contributed by atoms with Crippen LogP contribution in [0.1, 0.15) is 43.0 Å². The van der Waals surface area contributed by atoms with Crippen molar-refractivity contribution in [1.29, 1.82) is 0 Å². The molecule has 1 aromatic heterocycles. The average Bonchev–Trinajstić information content (AvgIpc) is 3.32. The van der Waals surface area contributed by atoms with Crippen LogP contribution in [0.15, 0.2) is 41.3 Å². The molecule has 1 unspecified atom stereocenters. The van der Waals surface area contributed by atoms with Crippen LogP contribution in [0.5, 0.6) is 11.5 Å². The van der Waals surface area contributed by atoms with Crippen molar-refractivity contribution in [2.75, 3.05) is 51.8 Å². The third-order valence-electron chi connectivity index (χ3n) is 6.95. The summed E-state index contributed by atoms with van der Waals surface area (Å²) in [6.07, 6.45) is 3.53. The van der Waals surface area contributed by atoms with Gasteiger partial charge >= 0.3 is 0 Å². The van der Waals surface area contributed by atoms with Crippen LogP contribution in [0.3, 0.4) is 0 Å². The summed E-state index contributed by atoms with van der Waals surface area (Å²) in [5, 5.41) is 0.588. The molecule has 0 bridgehead atoms. The number of fused-ring (bicyclic) bond motifs is 2. The highest BCUT2D eigenvalue weighted by Crippen LogP contribution is 2.39. The number of rotatable bonds is 8. The number of aromatic nitrogens is 1. The molecule has 1 fully saturated rings. The van der Waals surface area contributed by atoms with E-state index < -0.39 is 10.0 Å². The number of piperidine rings is 1. The molecule has 1 atom stereocenters. The Bertz CT molecular complexity index is 1370. The number of thiazole rings is 1. The molecule has 12 heteroatoms. The predicted octanol–water partition coefficient (Wildman–Crippen LogP) is 4.65. The lowest BCUT2D eigenvalue weighted by atomic mass is 10.1. The highest BCUT2D eigenvalue weighted by atomic mass is 35.5. The number of carbonyl (C=O) groups excluding carboxylic acids is 1. The smallest absolute Gasteiger partial charge is 0.260 e. The fraction of sp³-hybridized carbons (Fsp3) is 0.481. The molecule has 1 amide bonds. The van der Waals surface area contributed by atoms with Crippen molar-refractivity contribution in [1.82, 2.24) is 14.2 Å². The third kappa shape index (κ3) is 6.33. The molecule has 1 saturated heterocycles. The summed E-state index contributed by atoms with van der Waals surface area (Å²) in [5.41, 5.74) is 1.17. The van der Waals surface area contributed by atoms with Gasteiger partial charge in [0, 0.05) is 36.8 Å². The van der Waals surface area contributed by atoms with E-state index >= 15 is 0 Å². The normalized spacial score (nSPS) is 17.7. The molecule has 9 nitrogen and oxygen atoms in total. The van der Waals surface area contributed by atoms with Crippen LogP contribution in [0.2, 0.25) is 0 Å². The van der Waals surface area contributed by atoms with Gasteiger partial charge in [0.2, 0.25) is 10.0 Å². The number of nitrogens with zero attached hydrogens (tertiary/aromatic N) is 4. The Kier molecular flexibility index (Phi) is 9.38. The molecule has 2 aliphatic rings. The van der Waals surface area contributed by atoms with Gasteiger partial charge < -0.3 is 14.4 Å². The molecule has 2 aliphatic heterocycles. The summed E-state index contributed by atoms with van der Waals surface area (Å²) >= 11 is 1.43. The van der Waals surface area contributed by atoms with Gasteiger partial charge in [-0.25, -0.2) is 13.4 Å². The first kappa shape index (κ1) is 29.5. The molecule has 0 spiro atoms. The number of benzene rings is 2. The second-order valence-electron chi connectivity index (χ2n) is 10.1. The SMILES string of the molecule is CC1CCCCN1S(=O)(=O)c1ccc(C(=O)N(CCCN(C)C)c2nc3cc4c(cc3s2)OCCO4)cc1.Cl. The van der Waals surface area contributed by atoms with Gasteiger partial charge in [0.1, 0.15) is 13.2 Å². The Labute approximate surface area is 240 Å². The Morgan fingerprint density at radius 3 is 2.44 bits per heavy atom. The quantitative estimate of drug-likeness (QED) is 0.375. The summed E-state index contributed by atoms with van der Waals surface area (Å²) in [6.45, 7) is 4.77. The van der Waals surface area contributed by atoms with Crippen LogP contribution < -0.4 is 14.4 Å². The number of hydrogen-bond acceptors (Lipinski definition) is 8. The zero-order valence-corrected chi connectivity index (χ0v) is 24.9. The Morgan fingerprint density at radius 2 is 1.77 bits per heavy atom. The molecule has 0 radical (unpaired) electrons. The summed E-state index contributed by atoms with van der Waals surface area (Å²) in [7, 11) is 0.387. The maximum Gasteiger partial charge on any atom is 0.260 e. The van der Waals surface area contributed by atoms with Gasteiger partial charge in [0.05, 0.1) is 15.1 Å². The zero-order chi connectivity index (χ0) is 26.9. The van der Waals surface area contributed by atoms with E-state index in [4.69, 9.17) is 14.5 Å². The number of sulfonamides is 1.